The highest BCUT2D eigenvalue weighted by atomic mass is 16.5. The predicted molar refractivity (Wildman–Crippen MR) is 65.1 cm³/mol. The summed E-state index contributed by atoms with van der Waals surface area (Å²) in [4.78, 5) is 0. The zero-order valence-corrected chi connectivity index (χ0v) is 10.6. The van der Waals surface area contributed by atoms with Gasteiger partial charge in [0.15, 0.2) is 0 Å². The zero-order valence-electron chi connectivity index (χ0n) is 10.6. The molecule has 1 fully saturated rings. The van der Waals surface area contributed by atoms with Crippen LogP contribution in [-0.2, 0) is 4.74 Å². The second-order valence-corrected chi connectivity index (χ2v) is 5.16. The molecule has 2 nitrogen and oxygen atoms in total. The average molecular weight is 213 g/mol. The van der Waals surface area contributed by atoms with Gasteiger partial charge in [0.2, 0.25) is 0 Å². The Bertz CT molecular complexity index is 168. The Morgan fingerprint density at radius 2 is 2.00 bits per heavy atom. The molecule has 1 aliphatic carbocycles. The number of hydrogen-bond donors (Lipinski definition) is 1. The summed E-state index contributed by atoms with van der Waals surface area (Å²) in [5.74, 6) is 0. The van der Waals surface area contributed by atoms with E-state index in [0.29, 0.717) is 5.41 Å². The van der Waals surface area contributed by atoms with Gasteiger partial charge in [-0.25, -0.2) is 0 Å². The smallest absolute Gasteiger partial charge is 0.0471 e. The molecule has 0 spiro atoms. The average Bonchev–Trinajstić information content (AvgIpc) is 2.99. The molecule has 0 aliphatic heterocycles. The lowest BCUT2D eigenvalue weighted by Gasteiger charge is -2.29. The first-order valence-corrected chi connectivity index (χ1v) is 6.51. The van der Waals surface area contributed by atoms with Crippen molar-refractivity contribution in [2.24, 2.45) is 5.41 Å². The summed E-state index contributed by atoms with van der Waals surface area (Å²) >= 11 is 0. The third-order valence-corrected chi connectivity index (χ3v) is 3.30. The molecule has 0 amide bonds. The summed E-state index contributed by atoms with van der Waals surface area (Å²) in [6.07, 6.45) is 6.53. The summed E-state index contributed by atoms with van der Waals surface area (Å²) in [6, 6.07) is 0.827. The molecular weight excluding hydrogens is 186 g/mol. The summed E-state index contributed by atoms with van der Waals surface area (Å²) in [7, 11) is 0. The number of ether oxygens (including phenoxy) is 1. The van der Waals surface area contributed by atoms with Gasteiger partial charge in [-0.05, 0) is 38.0 Å². The normalized spacial score (nSPS) is 20.2. The molecule has 0 aromatic carbocycles. The maximum absolute atomic E-state index is 5.47. The predicted octanol–water partition coefficient (Wildman–Crippen LogP) is 2.97. The molecule has 1 N–H and O–H groups in total. The van der Waals surface area contributed by atoms with Gasteiger partial charge in [0, 0.05) is 25.8 Å². The second kappa shape index (κ2) is 6.49. The lowest BCUT2D eigenvalue weighted by atomic mass is 9.82. The molecule has 0 bridgehead atoms. The Balaban J connectivity index is 2.22. The fourth-order valence-corrected chi connectivity index (χ4v) is 2.05. The monoisotopic (exact) mass is 213 g/mol. The van der Waals surface area contributed by atoms with E-state index in [2.05, 4.69) is 26.1 Å². The van der Waals surface area contributed by atoms with E-state index in [4.69, 9.17) is 4.74 Å². The fourth-order valence-electron chi connectivity index (χ4n) is 2.05. The van der Waals surface area contributed by atoms with Gasteiger partial charge < -0.3 is 10.1 Å². The Kier molecular flexibility index (Phi) is 5.62. The largest absolute Gasteiger partial charge is 0.382 e. The molecule has 1 aliphatic rings. The molecule has 1 saturated carbocycles. The third kappa shape index (κ3) is 5.53. The standard InChI is InChI=1S/C13H27NO/c1-4-8-13(3,9-10-15-5-2)11-14-12-6-7-12/h12,14H,4-11H2,1-3H3. The van der Waals surface area contributed by atoms with Gasteiger partial charge >= 0.3 is 0 Å². The topological polar surface area (TPSA) is 21.3 Å². The number of nitrogens with one attached hydrogen (secondary N) is 1. The second-order valence-electron chi connectivity index (χ2n) is 5.16. The van der Waals surface area contributed by atoms with E-state index >= 15 is 0 Å². The minimum Gasteiger partial charge on any atom is -0.382 e. The van der Waals surface area contributed by atoms with Crippen LogP contribution in [0, 0.1) is 5.41 Å². The van der Waals surface area contributed by atoms with E-state index in [-0.39, 0.29) is 0 Å². The zero-order chi connectivity index (χ0) is 11.1. The van der Waals surface area contributed by atoms with Crippen molar-refractivity contribution >= 4 is 0 Å². The maximum atomic E-state index is 5.47. The summed E-state index contributed by atoms with van der Waals surface area (Å²) in [6.45, 7) is 9.66. The lowest BCUT2D eigenvalue weighted by molar-refractivity contribution is 0.103. The maximum Gasteiger partial charge on any atom is 0.0471 e. The van der Waals surface area contributed by atoms with Gasteiger partial charge in [-0.1, -0.05) is 20.3 Å². The van der Waals surface area contributed by atoms with Crippen molar-refractivity contribution in [3.63, 3.8) is 0 Å². The molecule has 0 heterocycles. The SMILES string of the molecule is CCCC(C)(CCOCC)CNC1CC1. The lowest BCUT2D eigenvalue weighted by Crippen LogP contribution is -2.34. The first-order valence-electron chi connectivity index (χ1n) is 6.51. The van der Waals surface area contributed by atoms with E-state index < -0.39 is 0 Å². The van der Waals surface area contributed by atoms with E-state index in [1.54, 1.807) is 0 Å². The third-order valence-electron chi connectivity index (χ3n) is 3.30. The number of hydrogen-bond acceptors (Lipinski definition) is 2. The van der Waals surface area contributed by atoms with Crippen LogP contribution in [0.2, 0.25) is 0 Å². The van der Waals surface area contributed by atoms with Crippen LogP contribution in [0.4, 0.5) is 0 Å². The van der Waals surface area contributed by atoms with Crippen LogP contribution in [0.25, 0.3) is 0 Å². The van der Waals surface area contributed by atoms with Crippen molar-refractivity contribution in [3.05, 3.63) is 0 Å². The van der Waals surface area contributed by atoms with E-state index in [9.17, 15) is 0 Å². The van der Waals surface area contributed by atoms with Crippen LogP contribution in [0.15, 0.2) is 0 Å². The molecule has 0 aromatic heterocycles. The van der Waals surface area contributed by atoms with Gasteiger partial charge in [0.1, 0.15) is 0 Å². The molecular formula is C13H27NO. The van der Waals surface area contributed by atoms with Crippen molar-refractivity contribution in [2.45, 2.75) is 58.9 Å². The van der Waals surface area contributed by atoms with Gasteiger partial charge in [-0.3, -0.25) is 0 Å². The Hall–Kier alpha value is -0.0800. The molecule has 15 heavy (non-hydrogen) atoms. The first kappa shape index (κ1) is 13.0. The highest BCUT2D eigenvalue weighted by Crippen LogP contribution is 2.29. The van der Waals surface area contributed by atoms with Crippen LogP contribution in [0.1, 0.15) is 52.9 Å². The van der Waals surface area contributed by atoms with Crippen LogP contribution in [0.3, 0.4) is 0 Å². The first-order chi connectivity index (χ1) is 7.20. The van der Waals surface area contributed by atoms with Crippen molar-refractivity contribution in [1.82, 2.24) is 5.32 Å². The summed E-state index contributed by atoms with van der Waals surface area (Å²) in [5, 5.41) is 3.65. The molecule has 0 saturated heterocycles. The van der Waals surface area contributed by atoms with Crippen LogP contribution >= 0.6 is 0 Å². The van der Waals surface area contributed by atoms with Crippen molar-refractivity contribution in [2.75, 3.05) is 19.8 Å². The van der Waals surface area contributed by atoms with E-state index in [0.717, 1.165) is 19.3 Å². The quantitative estimate of drug-likeness (QED) is 0.595. The molecule has 2 heteroatoms. The van der Waals surface area contributed by atoms with Gasteiger partial charge in [0.25, 0.3) is 0 Å². The molecule has 1 unspecified atom stereocenters. The van der Waals surface area contributed by atoms with Crippen LogP contribution < -0.4 is 5.32 Å². The minimum atomic E-state index is 0.437. The molecule has 0 aromatic rings. The summed E-state index contributed by atoms with van der Waals surface area (Å²) < 4.78 is 5.47. The summed E-state index contributed by atoms with van der Waals surface area (Å²) in [5.41, 5.74) is 0.437. The molecule has 1 atom stereocenters. The van der Waals surface area contributed by atoms with Crippen molar-refractivity contribution in [3.8, 4) is 0 Å². The highest BCUT2D eigenvalue weighted by molar-refractivity contribution is 4.85. The van der Waals surface area contributed by atoms with E-state index in [1.807, 2.05) is 0 Å². The number of rotatable bonds is 9. The van der Waals surface area contributed by atoms with Crippen LogP contribution in [0.5, 0.6) is 0 Å². The van der Waals surface area contributed by atoms with E-state index in [1.165, 1.54) is 38.6 Å². The van der Waals surface area contributed by atoms with Gasteiger partial charge in [-0.15, -0.1) is 0 Å². The Morgan fingerprint density at radius 1 is 1.27 bits per heavy atom. The Labute approximate surface area is 94.8 Å². The van der Waals surface area contributed by atoms with Gasteiger partial charge in [0.05, 0.1) is 0 Å². The molecule has 0 radical (unpaired) electrons. The van der Waals surface area contributed by atoms with Gasteiger partial charge in [-0.2, -0.15) is 0 Å². The van der Waals surface area contributed by atoms with Crippen molar-refractivity contribution < 1.29 is 4.74 Å². The minimum absolute atomic E-state index is 0.437. The van der Waals surface area contributed by atoms with Crippen molar-refractivity contribution in [1.29, 1.82) is 0 Å². The molecule has 1 rings (SSSR count). The van der Waals surface area contributed by atoms with Crippen LogP contribution in [-0.4, -0.2) is 25.8 Å². The highest BCUT2D eigenvalue weighted by Gasteiger charge is 2.27. The Morgan fingerprint density at radius 3 is 2.53 bits per heavy atom. The molecule has 90 valence electrons. The fraction of sp³-hybridized carbons (Fsp3) is 1.00.